The maximum atomic E-state index is 12.3. The van der Waals surface area contributed by atoms with Gasteiger partial charge in [-0.15, -0.1) is 0 Å². The van der Waals surface area contributed by atoms with Gasteiger partial charge in [-0.05, 0) is 62.6 Å². The highest BCUT2D eigenvalue weighted by Crippen LogP contribution is 2.65. The number of aliphatic hydroxyl groups is 1. The van der Waals surface area contributed by atoms with E-state index in [1.54, 1.807) is 6.07 Å². The number of hydrogen-bond donors (Lipinski definition) is 3. The van der Waals surface area contributed by atoms with Crippen LogP contribution < -0.4 is 10.5 Å². The summed E-state index contributed by atoms with van der Waals surface area (Å²) in [4.78, 5) is 14.7. The van der Waals surface area contributed by atoms with Gasteiger partial charge >= 0.3 is 5.97 Å². The van der Waals surface area contributed by atoms with Crippen molar-refractivity contribution < 1.29 is 24.5 Å². The second-order valence-electron chi connectivity index (χ2n) is 9.90. The molecule has 30 heavy (non-hydrogen) atoms. The lowest BCUT2D eigenvalue weighted by molar-refractivity contribution is -0.216. The van der Waals surface area contributed by atoms with Crippen molar-refractivity contribution in [3.05, 3.63) is 23.3 Å². The first-order chi connectivity index (χ1) is 14.5. The van der Waals surface area contributed by atoms with Gasteiger partial charge < -0.3 is 25.4 Å². The number of rotatable bonds is 5. The Hall–Kier alpha value is -1.83. The Bertz CT molecular complexity index is 902. The zero-order chi connectivity index (χ0) is 20.7. The molecule has 2 bridgehead atoms. The predicted octanol–water partition coefficient (Wildman–Crippen LogP) is 1.22. The van der Waals surface area contributed by atoms with Gasteiger partial charge in [-0.2, -0.15) is 0 Å². The van der Waals surface area contributed by atoms with Crippen LogP contribution in [0.4, 0.5) is 0 Å². The first kappa shape index (κ1) is 18.9. The molecule has 1 aromatic rings. The number of carbonyl (C=O) groups excluding carboxylic acids is 1. The van der Waals surface area contributed by atoms with Crippen molar-refractivity contribution in [3.8, 4) is 11.5 Å². The standard InChI is InChI=1S/C23H30N2O5/c24-9-6-18(27)29-16-5-7-23(28)17-11-14-3-4-15(26)20-19(14)22(23,21(16)30-20)8-10-25(17)12-13-1-2-13/h3-4,13,16-17,21,26,28H,1-2,5-12,24H2/t16-,17-,21+,22+,23-/m1/s1. The maximum Gasteiger partial charge on any atom is 0.307 e. The molecular formula is C23H30N2O5. The zero-order valence-electron chi connectivity index (χ0n) is 17.2. The van der Waals surface area contributed by atoms with Crippen LogP contribution in [0.1, 0.15) is 49.7 Å². The van der Waals surface area contributed by atoms with E-state index in [1.165, 1.54) is 12.8 Å². The van der Waals surface area contributed by atoms with E-state index in [-0.39, 0.29) is 30.7 Å². The Morgan fingerprint density at radius 3 is 2.90 bits per heavy atom. The van der Waals surface area contributed by atoms with Crippen LogP contribution in [0.3, 0.4) is 0 Å². The number of carbonyl (C=O) groups is 1. The molecule has 3 fully saturated rings. The fourth-order valence-corrected chi connectivity index (χ4v) is 6.90. The van der Waals surface area contributed by atoms with E-state index in [9.17, 15) is 15.0 Å². The van der Waals surface area contributed by atoms with Crippen LogP contribution in [0, 0.1) is 5.92 Å². The smallest absolute Gasteiger partial charge is 0.307 e. The zero-order valence-corrected chi connectivity index (χ0v) is 17.2. The summed E-state index contributed by atoms with van der Waals surface area (Å²) >= 11 is 0. The molecule has 3 aliphatic carbocycles. The molecule has 0 radical (unpaired) electrons. The van der Waals surface area contributed by atoms with Gasteiger partial charge in [-0.1, -0.05) is 6.07 Å². The van der Waals surface area contributed by atoms with Crippen molar-refractivity contribution in [2.75, 3.05) is 19.6 Å². The second kappa shape index (κ2) is 6.34. The molecule has 7 nitrogen and oxygen atoms in total. The van der Waals surface area contributed by atoms with E-state index in [0.29, 0.717) is 18.6 Å². The Kier molecular flexibility index (Phi) is 4.00. The topological polar surface area (TPSA) is 105 Å². The molecule has 1 saturated heterocycles. The number of aromatic hydroxyl groups is 1. The van der Waals surface area contributed by atoms with Gasteiger partial charge in [0.05, 0.1) is 17.4 Å². The highest BCUT2D eigenvalue weighted by Gasteiger charge is 2.73. The van der Waals surface area contributed by atoms with E-state index >= 15 is 0 Å². The highest BCUT2D eigenvalue weighted by atomic mass is 16.6. The van der Waals surface area contributed by atoms with Crippen molar-refractivity contribution >= 4 is 5.97 Å². The molecule has 4 N–H and O–H groups in total. The molecule has 2 heterocycles. The highest BCUT2D eigenvalue weighted by molar-refractivity contribution is 5.70. The lowest BCUT2D eigenvalue weighted by Gasteiger charge is -2.64. The van der Waals surface area contributed by atoms with Crippen LogP contribution >= 0.6 is 0 Å². The summed E-state index contributed by atoms with van der Waals surface area (Å²) in [5.41, 5.74) is 6.04. The molecule has 5 aliphatic rings. The van der Waals surface area contributed by atoms with Crippen molar-refractivity contribution in [2.24, 2.45) is 11.7 Å². The lowest BCUT2D eigenvalue weighted by atomic mass is 9.48. The second-order valence-corrected chi connectivity index (χ2v) is 9.90. The number of nitrogens with two attached hydrogens (primary N) is 1. The van der Waals surface area contributed by atoms with E-state index in [2.05, 4.69) is 4.90 Å². The number of piperidine rings is 1. The van der Waals surface area contributed by atoms with E-state index in [0.717, 1.165) is 43.0 Å². The fraction of sp³-hybridized carbons (Fsp3) is 0.696. The predicted molar refractivity (Wildman–Crippen MR) is 108 cm³/mol. The summed E-state index contributed by atoms with van der Waals surface area (Å²) in [5.74, 6) is 1.01. The molecule has 0 amide bonds. The molecule has 162 valence electrons. The molecule has 2 aliphatic heterocycles. The van der Waals surface area contributed by atoms with Crippen molar-refractivity contribution in [2.45, 2.75) is 74.2 Å². The number of hydrogen-bond acceptors (Lipinski definition) is 7. The number of ether oxygens (including phenoxy) is 2. The average molecular weight is 415 g/mol. The Morgan fingerprint density at radius 2 is 2.13 bits per heavy atom. The number of phenolic OH excluding ortho intramolecular Hbond substituents is 1. The Labute approximate surface area is 176 Å². The van der Waals surface area contributed by atoms with Crippen LogP contribution in [-0.4, -0.2) is 64.6 Å². The van der Waals surface area contributed by atoms with Crippen molar-refractivity contribution in [3.63, 3.8) is 0 Å². The van der Waals surface area contributed by atoms with E-state index < -0.39 is 23.2 Å². The molecule has 7 heteroatoms. The molecular weight excluding hydrogens is 384 g/mol. The van der Waals surface area contributed by atoms with Gasteiger partial charge in [0.25, 0.3) is 0 Å². The number of nitrogens with zero attached hydrogens (tertiary/aromatic N) is 1. The molecule has 6 rings (SSSR count). The molecule has 1 aromatic carbocycles. The minimum atomic E-state index is -0.951. The van der Waals surface area contributed by atoms with Gasteiger partial charge in [0, 0.05) is 24.7 Å². The first-order valence-electron chi connectivity index (χ1n) is 11.4. The van der Waals surface area contributed by atoms with Gasteiger partial charge in [-0.25, -0.2) is 0 Å². The van der Waals surface area contributed by atoms with Crippen LogP contribution in [0.25, 0.3) is 0 Å². The number of benzene rings is 1. The molecule has 2 saturated carbocycles. The molecule has 5 atom stereocenters. The first-order valence-corrected chi connectivity index (χ1v) is 11.4. The summed E-state index contributed by atoms with van der Waals surface area (Å²) in [6.45, 7) is 2.18. The summed E-state index contributed by atoms with van der Waals surface area (Å²) in [7, 11) is 0. The number of likely N-dealkylation sites (tertiary alicyclic amines) is 1. The normalized spacial score (nSPS) is 38.7. The lowest BCUT2D eigenvalue weighted by Crippen LogP contribution is -2.77. The van der Waals surface area contributed by atoms with E-state index in [1.807, 2.05) is 6.07 Å². The monoisotopic (exact) mass is 414 g/mol. The summed E-state index contributed by atoms with van der Waals surface area (Å²) in [5, 5.41) is 22.9. The summed E-state index contributed by atoms with van der Waals surface area (Å²) < 4.78 is 12.2. The third kappa shape index (κ3) is 2.34. The SMILES string of the molecule is NCCC(=O)O[C@@H]1CC[C@@]2(O)[C@H]3Cc4ccc(O)c5c4[C@@]2(CCN3CC2CC2)[C@H]1O5. The fourth-order valence-electron chi connectivity index (χ4n) is 6.90. The molecule has 0 unspecified atom stereocenters. The minimum Gasteiger partial charge on any atom is -0.504 e. The van der Waals surface area contributed by atoms with Gasteiger partial charge in [0.2, 0.25) is 0 Å². The van der Waals surface area contributed by atoms with Crippen LogP contribution in [0.2, 0.25) is 0 Å². The van der Waals surface area contributed by atoms with Gasteiger partial charge in [-0.3, -0.25) is 9.69 Å². The minimum absolute atomic E-state index is 0.0293. The third-order valence-electron chi connectivity index (χ3n) is 8.34. The van der Waals surface area contributed by atoms with Crippen LogP contribution in [0.15, 0.2) is 12.1 Å². The summed E-state index contributed by atoms with van der Waals surface area (Å²) in [6.07, 6.45) is 4.43. The third-order valence-corrected chi connectivity index (χ3v) is 8.34. The van der Waals surface area contributed by atoms with E-state index in [4.69, 9.17) is 15.2 Å². The number of phenols is 1. The average Bonchev–Trinajstić information content (AvgIpc) is 3.45. The number of esters is 1. The summed E-state index contributed by atoms with van der Waals surface area (Å²) in [6, 6.07) is 3.71. The maximum absolute atomic E-state index is 12.3. The molecule has 0 aromatic heterocycles. The van der Waals surface area contributed by atoms with Crippen molar-refractivity contribution in [1.82, 2.24) is 4.90 Å². The van der Waals surface area contributed by atoms with Crippen LogP contribution in [-0.2, 0) is 21.4 Å². The van der Waals surface area contributed by atoms with Gasteiger partial charge in [0.1, 0.15) is 12.2 Å². The largest absolute Gasteiger partial charge is 0.504 e. The molecule has 1 spiro atoms. The quantitative estimate of drug-likeness (QED) is 0.622. The Balaban J connectivity index is 1.45. The van der Waals surface area contributed by atoms with Crippen molar-refractivity contribution in [1.29, 1.82) is 0 Å². The van der Waals surface area contributed by atoms with Gasteiger partial charge in [0.15, 0.2) is 11.5 Å². The van der Waals surface area contributed by atoms with Crippen LogP contribution in [0.5, 0.6) is 11.5 Å². The Morgan fingerprint density at radius 1 is 1.30 bits per heavy atom.